The Morgan fingerprint density at radius 3 is 2.85 bits per heavy atom. The van der Waals surface area contributed by atoms with Gasteiger partial charge < -0.3 is 21.3 Å². The molecule has 6 rings (SSSR count). The monoisotopic (exact) mass is 352 g/mol. The number of benzene rings is 1. The number of anilines is 2. The normalized spacial score (nSPS) is 33.2. The van der Waals surface area contributed by atoms with Crippen molar-refractivity contribution in [3.63, 3.8) is 0 Å². The molecule has 1 aromatic carbocycles. The van der Waals surface area contributed by atoms with Crippen molar-refractivity contribution < 1.29 is 9.59 Å². The molecule has 0 spiro atoms. The Morgan fingerprint density at radius 2 is 2.15 bits per heavy atom. The highest BCUT2D eigenvalue weighted by Crippen LogP contribution is 2.78. The van der Waals surface area contributed by atoms with Gasteiger partial charge in [-0.2, -0.15) is 0 Å². The average molecular weight is 352 g/mol. The summed E-state index contributed by atoms with van der Waals surface area (Å²) in [7, 11) is 0. The van der Waals surface area contributed by atoms with E-state index >= 15 is 0 Å². The number of fused-ring (bicyclic) bond motifs is 1. The molecule has 2 aliphatic heterocycles. The summed E-state index contributed by atoms with van der Waals surface area (Å²) in [6.45, 7) is 2.25. The van der Waals surface area contributed by atoms with Gasteiger partial charge in [-0.15, -0.1) is 0 Å². The molecule has 2 heterocycles. The number of piperidine rings is 1. The van der Waals surface area contributed by atoms with E-state index in [2.05, 4.69) is 16.7 Å². The Labute approximate surface area is 152 Å². The first-order valence-electron chi connectivity index (χ1n) is 9.47. The third-order valence-electron chi connectivity index (χ3n) is 6.55. The second kappa shape index (κ2) is 5.25. The molecule has 1 aromatic rings. The minimum Gasteiger partial charge on any atom is -0.397 e. The SMILES string of the molecule is CC(=O)NC12C3CN(C(=O)Nc4cc(C5=CCCCC5)ccc4N)C1C32. The molecule has 2 saturated carbocycles. The van der Waals surface area contributed by atoms with Gasteiger partial charge in [0.15, 0.2) is 0 Å². The van der Waals surface area contributed by atoms with Crippen molar-refractivity contribution in [1.82, 2.24) is 10.2 Å². The maximum Gasteiger partial charge on any atom is 0.322 e. The van der Waals surface area contributed by atoms with E-state index in [0.717, 1.165) is 18.4 Å². The van der Waals surface area contributed by atoms with Gasteiger partial charge in [-0.05, 0) is 49.0 Å². The fourth-order valence-electron chi connectivity index (χ4n) is 5.21. The summed E-state index contributed by atoms with van der Waals surface area (Å²) >= 11 is 0. The molecule has 3 amide bonds. The zero-order chi connectivity index (χ0) is 18.1. The molecule has 0 aromatic heterocycles. The molecule has 2 saturated heterocycles. The lowest BCUT2D eigenvalue weighted by atomic mass is 9.93. The molecule has 3 aliphatic carbocycles. The van der Waals surface area contributed by atoms with E-state index in [4.69, 9.17) is 5.73 Å². The number of nitrogen functional groups attached to an aromatic ring is 1. The van der Waals surface area contributed by atoms with Crippen molar-refractivity contribution >= 4 is 28.9 Å². The lowest BCUT2D eigenvalue weighted by Gasteiger charge is -2.20. The minimum absolute atomic E-state index is 0.0139. The summed E-state index contributed by atoms with van der Waals surface area (Å²) in [4.78, 5) is 26.0. The molecule has 0 radical (unpaired) electrons. The second-order valence-corrected chi connectivity index (χ2v) is 8.05. The number of carbonyl (C=O) groups is 2. The number of amides is 3. The topological polar surface area (TPSA) is 87.5 Å². The molecule has 6 heteroatoms. The Bertz CT molecular complexity index is 842. The van der Waals surface area contributed by atoms with Crippen molar-refractivity contribution in [2.75, 3.05) is 17.6 Å². The van der Waals surface area contributed by atoms with Crippen molar-refractivity contribution in [2.24, 2.45) is 11.8 Å². The van der Waals surface area contributed by atoms with Crippen LogP contribution in [-0.2, 0) is 4.79 Å². The Hall–Kier alpha value is -2.50. The standard InChI is InChI=1S/C20H24N4O2/c1-11(25)23-20-14-10-24(18(20)17(14)20)19(26)22-16-9-13(7-8-15(16)21)12-5-3-2-4-6-12/h5,7-9,14,17-18H,2-4,6,10,21H2,1H3,(H,22,26)(H,23,25). The summed E-state index contributed by atoms with van der Waals surface area (Å²) in [5, 5.41) is 6.04. The van der Waals surface area contributed by atoms with Crippen LogP contribution in [-0.4, -0.2) is 35.0 Å². The van der Waals surface area contributed by atoms with Crippen molar-refractivity contribution in [1.29, 1.82) is 0 Å². The molecule has 4 fully saturated rings. The van der Waals surface area contributed by atoms with Gasteiger partial charge in [-0.1, -0.05) is 12.1 Å². The summed E-state index contributed by atoms with van der Waals surface area (Å²) < 4.78 is 0. The van der Waals surface area contributed by atoms with Crippen LogP contribution in [0, 0.1) is 11.8 Å². The van der Waals surface area contributed by atoms with Crippen LogP contribution < -0.4 is 16.4 Å². The van der Waals surface area contributed by atoms with Crippen LogP contribution in [0.5, 0.6) is 0 Å². The zero-order valence-corrected chi connectivity index (χ0v) is 14.9. The number of hydrogen-bond donors (Lipinski definition) is 3. The fourth-order valence-corrected chi connectivity index (χ4v) is 5.21. The first-order valence-corrected chi connectivity index (χ1v) is 9.47. The molecule has 5 aliphatic rings. The number of rotatable bonds is 3. The van der Waals surface area contributed by atoms with Gasteiger partial charge >= 0.3 is 6.03 Å². The van der Waals surface area contributed by atoms with Crippen molar-refractivity contribution in [3.8, 4) is 0 Å². The Kier molecular flexibility index (Phi) is 3.18. The molecular weight excluding hydrogens is 328 g/mol. The molecule has 6 nitrogen and oxygen atoms in total. The Morgan fingerprint density at radius 1 is 1.31 bits per heavy atom. The summed E-state index contributed by atoms with van der Waals surface area (Å²) in [6.07, 6.45) is 6.94. The lowest BCUT2D eigenvalue weighted by Crippen LogP contribution is -2.39. The van der Waals surface area contributed by atoms with Crippen LogP contribution in [0.3, 0.4) is 0 Å². The predicted molar refractivity (Wildman–Crippen MR) is 100 cm³/mol. The molecule has 4 atom stereocenters. The second-order valence-electron chi connectivity index (χ2n) is 8.05. The highest BCUT2D eigenvalue weighted by Gasteiger charge is 2.94. The summed E-state index contributed by atoms with van der Waals surface area (Å²) in [5.74, 6) is 0.867. The first kappa shape index (κ1) is 15.7. The van der Waals surface area contributed by atoms with E-state index in [1.54, 1.807) is 6.92 Å². The first-order chi connectivity index (χ1) is 12.5. The number of carbonyl (C=O) groups excluding carboxylic acids is 2. The molecule has 2 bridgehead atoms. The largest absolute Gasteiger partial charge is 0.397 e. The maximum atomic E-state index is 12.8. The molecule has 4 N–H and O–H groups in total. The van der Waals surface area contributed by atoms with E-state index in [-0.39, 0.29) is 23.5 Å². The quantitative estimate of drug-likeness (QED) is 0.731. The highest BCUT2D eigenvalue weighted by molar-refractivity contribution is 5.95. The van der Waals surface area contributed by atoms with Crippen LogP contribution in [0.2, 0.25) is 0 Å². The van der Waals surface area contributed by atoms with Gasteiger partial charge in [0.2, 0.25) is 5.91 Å². The molecule has 4 unspecified atom stereocenters. The minimum atomic E-state index is -0.122. The predicted octanol–water partition coefficient (Wildman–Crippen LogP) is 2.58. The third-order valence-corrected chi connectivity index (χ3v) is 6.55. The number of urea groups is 1. The van der Waals surface area contributed by atoms with Gasteiger partial charge in [-0.3, -0.25) is 4.79 Å². The number of nitrogens with two attached hydrogens (primary N) is 1. The van der Waals surface area contributed by atoms with E-state index < -0.39 is 0 Å². The van der Waals surface area contributed by atoms with E-state index in [1.807, 2.05) is 23.1 Å². The van der Waals surface area contributed by atoms with Gasteiger partial charge in [0, 0.05) is 25.3 Å². The number of nitrogens with zero attached hydrogens (tertiary/aromatic N) is 1. The molecular formula is C20H24N4O2. The summed E-state index contributed by atoms with van der Waals surface area (Å²) in [6, 6.07) is 5.93. The average Bonchev–Trinajstić information content (AvgIpc) is 3.28. The van der Waals surface area contributed by atoms with E-state index in [1.165, 1.54) is 18.4 Å². The van der Waals surface area contributed by atoms with Crippen LogP contribution in [0.4, 0.5) is 16.2 Å². The van der Waals surface area contributed by atoms with Crippen molar-refractivity contribution in [3.05, 3.63) is 29.8 Å². The van der Waals surface area contributed by atoms with Crippen LogP contribution in [0.25, 0.3) is 5.57 Å². The number of hydrogen-bond acceptors (Lipinski definition) is 3. The van der Waals surface area contributed by atoms with Gasteiger partial charge in [-0.25, -0.2) is 4.79 Å². The molecule has 26 heavy (non-hydrogen) atoms. The van der Waals surface area contributed by atoms with Gasteiger partial charge in [0.1, 0.15) is 0 Å². The van der Waals surface area contributed by atoms with Gasteiger partial charge in [0.05, 0.1) is 23.0 Å². The van der Waals surface area contributed by atoms with Crippen LogP contribution >= 0.6 is 0 Å². The summed E-state index contributed by atoms with van der Waals surface area (Å²) in [5.41, 5.74) is 9.70. The lowest BCUT2D eigenvalue weighted by molar-refractivity contribution is -0.119. The smallest absolute Gasteiger partial charge is 0.322 e. The number of allylic oxidation sites excluding steroid dienone is 2. The van der Waals surface area contributed by atoms with Crippen LogP contribution in [0.1, 0.15) is 38.2 Å². The zero-order valence-electron chi connectivity index (χ0n) is 14.9. The van der Waals surface area contributed by atoms with Crippen molar-refractivity contribution in [2.45, 2.75) is 44.2 Å². The third kappa shape index (κ3) is 2.11. The maximum absolute atomic E-state index is 12.8. The van der Waals surface area contributed by atoms with Crippen LogP contribution in [0.15, 0.2) is 24.3 Å². The van der Waals surface area contributed by atoms with Gasteiger partial charge in [0.25, 0.3) is 0 Å². The highest BCUT2D eigenvalue weighted by atomic mass is 16.2. The molecule has 136 valence electrons. The van der Waals surface area contributed by atoms with E-state index in [0.29, 0.717) is 29.8 Å². The Balaban J connectivity index is 1.31. The number of nitrogens with one attached hydrogen (secondary N) is 2. The van der Waals surface area contributed by atoms with E-state index in [9.17, 15) is 9.59 Å². The fraction of sp³-hybridized carbons (Fsp3) is 0.500.